The van der Waals surface area contributed by atoms with Crippen LogP contribution < -0.4 is 10.5 Å². The number of nitrogens with zero attached hydrogens (tertiary/aromatic N) is 1. The second kappa shape index (κ2) is 5.73. The lowest BCUT2D eigenvalue weighted by Gasteiger charge is -2.04. The Morgan fingerprint density at radius 1 is 1.50 bits per heavy atom. The second-order valence-electron chi connectivity index (χ2n) is 3.75. The number of aromatic amines is 1. The Bertz CT molecular complexity index is 556. The molecule has 0 aliphatic heterocycles. The Kier molecular flexibility index (Phi) is 4.27. The Balaban J connectivity index is 2.39. The number of nitrogens with one attached hydrogen (secondary N) is 1. The number of H-pyrrole nitrogens is 1. The van der Waals surface area contributed by atoms with Crippen molar-refractivity contribution in [2.75, 3.05) is 13.7 Å². The molecule has 0 aliphatic carbocycles. The first-order chi connectivity index (χ1) is 8.67. The summed E-state index contributed by atoms with van der Waals surface area (Å²) in [5.41, 5.74) is 8.26. The molecule has 0 aliphatic rings. The predicted molar refractivity (Wildman–Crippen MR) is 76.0 cm³/mol. The molecule has 1 aromatic heterocycles. The third-order valence-corrected chi connectivity index (χ3v) is 3.74. The first kappa shape index (κ1) is 13.4. The van der Waals surface area contributed by atoms with Gasteiger partial charge in [0.2, 0.25) is 0 Å². The van der Waals surface area contributed by atoms with Crippen molar-refractivity contribution in [2.45, 2.75) is 6.42 Å². The molecule has 0 fully saturated rings. The zero-order valence-electron chi connectivity index (χ0n) is 9.84. The van der Waals surface area contributed by atoms with Gasteiger partial charge in [-0.3, -0.25) is 5.10 Å². The molecule has 0 unspecified atom stereocenters. The molecule has 1 aromatic carbocycles. The minimum atomic E-state index is 0.560. The molecular formula is C12H13BrClN3O. The normalized spacial score (nSPS) is 10.7. The fraction of sp³-hybridized carbons (Fsp3) is 0.250. The van der Waals surface area contributed by atoms with Crippen molar-refractivity contribution in [3.8, 4) is 17.0 Å². The molecule has 0 atom stereocenters. The maximum absolute atomic E-state index is 6.10. The molecule has 0 spiro atoms. The molecule has 0 saturated carbocycles. The molecule has 2 rings (SSSR count). The van der Waals surface area contributed by atoms with E-state index in [2.05, 4.69) is 26.1 Å². The number of rotatable bonds is 4. The monoisotopic (exact) mass is 329 g/mol. The van der Waals surface area contributed by atoms with Gasteiger partial charge in [-0.15, -0.1) is 0 Å². The third kappa shape index (κ3) is 2.53. The molecule has 0 saturated heterocycles. The molecule has 3 N–H and O–H groups in total. The first-order valence-electron chi connectivity index (χ1n) is 5.44. The summed E-state index contributed by atoms with van der Waals surface area (Å²) in [6, 6.07) is 5.56. The van der Waals surface area contributed by atoms with Crippen LogP contribution in [-0.2, 0) is 6.42 Å². The van der Waals surface area contributed by atoms with Crippen molar-refractivity contribution in [2.24, 2.45) is 5.73 Å². The van der Waals surface area contributed by atoms with Crippen LogP contribution in [0.15, 0.2) is 22.7 Å². The highest BCUT2D eigenvalue weighted by Crippen LogP contribution is 2.33. The highest BCUT2D eigenvalue weighted by atomic mass is 79.9. The minimum absolute atomic E-state index is 0.560. The second-order valence-corrected chi connectivity index (χ2v) is 4.95. The highest BCUT2D eigenvalue weighted by Gasteiger charge is 2.13. The summed E-state index contributed by atoms with van der Waals surface area (Å²) in [6.45, 7) is 0.573. The average Bonchev–Trinajstić information content (AvgIpc) is 2.72. The van der Waals surface area contributed by atoms with E-state index in [0.29, 0.717) is 17.3 Å². The molecule has 0 bridgehead atoms. The van der Waals surface area contributed by atoms with Crippen molar-refractivity contribution < 1.29 is 4.74 Å². The molecule has 1 heterocycles. The standard InChI is InChI=1S/C12H13BrClN3O/c1-18-10-3-2-7(6-8(10)14)12-11(13)9(4-5-15)16-17-12/h2-3,6H,4-5,15H2,1H3,(H,16,17). The van der Waals surface area contributed by atoms with Crippen LogP contribution in [0.3, 0.4) is 0 Å². The van der Waals surface area contributed by atoms with Crippen molar-refractivity contribution in [3.05, 3.63) is 33.4 Å². The lowest BCUT2D eigenvalue weighted by Crippen LogP contribution is -2.03. The lowest BCUT2D eigenvalue weighted by atomic mass is 10.1. The van der Waals surface area contributed by atoms with Gasteiger partial charge in [0.1, 0.15) is 11.4 Å². The van der Waals surface area contributed by atoms with E-state index in [9.17, 15) is 0 Å². The Hall–Kier alpha value is -1.04. The van der Waals surface area contributed by atoms with Gasteiger partial charge in [-0.2, -0.15) is 5.10 Å². The summed E-state index contributed by atoms with van der Waals surface area (Å²) in [4.78, 5) is 0. The van der Waals surface area contributed by atoms with Gasteiger partial charge < -0.3 is 10.5 Å². The maximum Gasteiger partial charge on any atom is 0.137 e. The highest BCUT2D eigenvalue weighted by molar-refractivity contribution is 9.10. The zero-order chi connectivity index (χ0) is 13.1. The van der Waals surface area contributed by atoms with Crippen molar-refractivity contribution >= 4 is 27.5 Å². The Morgan fingerprint density at radius 2 is 2.28 bits per heavy atom. The van der Waals surface area contributed by atoms with Crippen LogP contribution in [0.25, 0.3) is 11.3 Å². The van der Waals surface area contributed by atoms with Crippen LogP contribution in [0.2, 0.25) is 5.02 Å². The van der Waals surface area contributed by atoms with Crippen molar-refractivity contribution in [3.63, 3.8) is 0 Å². The topological polar surface area (TPSA) is 63.9 Å². The van der Waals surface area contributed by atoms with Gasteiger partial charge in [0.25, 0.3) is 0 Å². The quantitative estimate of drug-likeness (QED) is 0.906. The predicted octanol–water partition coefficient (Wildman–Crippen LogP) is 3.00. The smallest absolute Gasteiger partial charge is 0.137 e. The van der Waals surface area contributed by atoms with Crippen LogP contribution in [0.4, 0.5) is 0 Å². The average molecular weight is 331 g/mol. The minimum Gasteiger partial charge on any atom is -0.495 e. The number of nitrogens with two attached hydrogens (primary N) is 1. The molecule has 2 aromatic rings. The van der Waals surface area contributed by atoms with E-state index in [-0.39, 0.29) is 0 Å². The van der Waals surface area contributed by atoms with E-state index in [1.54, 1.807) is 7.11 Å². The molecule has 4 nitrogen and oxygen atoms in total. The number of hydrogen-bond acceptors (Lipinski definition) is 3. The molecular weight excluding hydrogens is 318 g/mol. The number of halogens is 2. The van der Waals surface area contributed by atoms with Crippen LogP contribution in [-0.4, -0.2) is 23.9 Å². The number of aromatic nitrogens is 2. The summed E-state index contributed by atoms with van der Waals surface area (Å²) >= 11 is 9.63. The van der Waals surface area contributed by atoms with Crippen LogP contribution >= 0.6 is 27.5 Å². The van der Waals surface area contributed by atoms with Crippen molar-refractivity contribution in [1.29, 1.82) is 0 Å². The molecule has 18 heavy (non-hydrogen) atoms. The molecule has 6 heteroatoms. The number of ether oxygens (including phenoxy) is 1. The Morgan fingerprint density at radius 3 is 2.89 bits per heavy atom. The zero-order valence-corrected chi connectivity index (χ0v) is 12.2. The third-order valence-electron chi connectivity index (χ3n) is 2.60. The number of hydrogen-bond donors (Lipinski definition) is 2. The van der Waals surface area contributed by atoms with Gasteiger partial charge in [0.15, 0.2) is 0 Å². The van der Waals surface area contributed by atoms with Gasteiger partial charge in [-0.05, 0) is 40.7 Å². The van der Waals surface area contributed by atoms with Crippen LogP contribution in [0.5, 0.6) is 5.75 Å². The summed E-state index contributed by atoms with van der Waals surface area (Å²) in [5, 5.41) is 7.81. The van der Waals surface area contributed by atoms with E-state index in [1.165, 1.54) is 0 Å². The van der Waals surface area contributed by atoms with Crippen molar-refractivity contribution in [1.82, 2.24) is 10.2 Å². The van der Waals surface area contributed by atoms with E-state index in [0.717, 1.165) is 27.8 Å². The number of methoxy groups -OCH3 is 1. The molecule has 96 valence electrons. The molecule has 0 amide bonds. The summed E-state index contributed by atoms with van der Waals surface area (Å²) in [6.07, 6.45) is 0.747. The fourth-order valence-electron chi connectivity index (χ4n) is 1.68. The summed E-state index contributed by atoms with van der Waals surface area (Å²) < 4.78 is 6.05. The van der Waals surface area contributed by atoms with E-state index in [1.807, 2.05) is 18.2 Å². The number of benzene rings is 1. The van der Waals surface area contributed by atoms with E-state index >= 15 is 0 Å². The SMILES string of the molecule is COc1ccc(-c2n[nH]c(CCN)c2Br)cc1Cl. The van der Waals surface area contributed by atoms with Gasteiger partial charge >= 0.3 is 0 Å². The largest absolute Gasteiger partial charge is 0.495 e. The summed E-state index contributed by atoms with van der Waals surface area (Å²) in [7, 11) is 1.59. The fourth-order valence-corrected chi connectivity index (χ4v) is 2.54. The molecule has 0 radical (unpaired) electrons. The van der Waals surface area contributed by atoms with Gasteiger partial charge in [0, 0.05) is 12.0 Å². The van der Waals surface area contributed by atoms with Gasteiger partial charge in [-0.25, -0.2) is 0 Å². The van der Waals surface area contributed by atoms with Gasteiger partial charge in [0.05, 0.1) is 22.3 Å². The maximum atomic E-state index is 6.10. The van der Waals surface area contributed by atoms with Crippen LogP contribution in [0, 0.1) is 0 Å². The lowest BCUT2D eigenvalue weighted by molar-refractivity contribution is 0.415. The van der Waals surface area contributed by atoms with Crippen LogP contribution in [0.1, 0.15) is 5.69 Å². The van der Waals surface area contributed by atoms with E-state index < -0.39 is 0 Å². The van der Waals surface area contributed by atoms with E-state index in [4.69, 9.17) is 22.1 Å². The Labute approximate surface area is 119 Å². The summed E-state index contributed by atoms with van der Waals surface area (Å²) in [5.74, 6) is 0.647. The van der Waals surface area contributed by atoms with Gasteiger partial charge in [-0.1, -0.05) is 11.6 Å². The first-order valence-corrected chi connectivity index (χ1v) is 6.61.